The molecule has 0 aliphatic heterocycles. The van der Waals surface area contributed by atoms with Crippen molar-refractivity contribution in [2.75, 3.05) is 17.7 Å². The van der Waals surface area contributed by atoms with Crippen LogP contribution in [-0.4, -0.2) is 22.9 Å². The van der Waals surface area contributed by atoms with Crippen LogP contribution in [-0.2, 0) is 6.54 Å². The zero-order valence-electron chi connectivity index (χ0n) is 12.0. The molecule has 0 aliphatic carbocycles. The van der Waals surface area contributed by atoms with Crippen LogP contribution < -0.4 is 10.6 Å². The van der Waals surface area contributed by atoms with E-state index in [2.05, 4.69) is 44.7 Å². The van der Waals surface area contributed by atoms with E-state index in [-0.39, 0.29) is 0 Å². The fraction of sp³-hybridized carbons (Fsp3) is 0.769. The Hall–Kier alpha value is -1.19. The first kappa shape index (κ1) is 13.9. The summed E-state index contributed by atoms with van der Waals surface area (Å²) < 4.78 is 2.03. The number of nitrogens with zero attached hydrogens (tertiary/aromatic N) is 3. The quantitative estimate of drug-likeness (QED) is 0.858. The molecular formula is C13H26N4. The third-order valence-electron chi connectivity index (χ3n) is 3.49. The van der Waals surface area contributed by atoms with Crippen molar-refractivity contribution in [3.05, 3.63) is 5.69 Å². The summed E-state index contributed by atoms with van der Waals surface area (Å²) in [6.07, 6.45) is 1.07. The molecule has 1 aromatic heterocycles. The van der Waals surface area contributed by atoms with E-state index in [1.54, 1.807) is 0 Å². The number of nitrogens with two attached hydrogens (primary N) is 1. The minimum atomic E-state index is 0.448. The Labute approximate surface area is 105 Å². The molecule has 1 aromatic rings. The molecule has 1 atom stereocenters. The van der Waals surface area contributed by atoms with Crippen molar-refractivity contribution in [1.29, 1.82) is 0 Å². The molecule has 0 saturated heterocycles. The third kappa shape index (κ3) is 2.73. The maximum atomic E-state index is 6.15. The predicted octanol–water partition coefficient (Wildman–Crippen LogP) is 2.66. The molecule has 0 aliphatic rings. The summed E-state index contributed by atoms with van der Waals surface area (Å²) in [5, 5.41) is 4.51. The number of nitrogen functional groups attached to an aromatic ring is 1. The largest absolute Gasteiger partial charge is 0.394 e. The summed E-state index contributed by atoms with van der Waals surface area (Å²) >= 11 is 0. The second-order valence-corrected chi connectivity index (χ2v) is 5.14. The average molecular weight is 238 g/mol. The van der Waals surface area contributed by atoms with E-state index in [1.165, 1.54) is 0 Å². The van der Waals surface area contributed by atoms with Crippen molar-refractivity contribution in [3.63, 3.8) is 0 Å². The van der Waals surface area contributed by atoms with E-state index < -0.39 is 0 Å². The van der Waals surface area contributed by atoms with Gasteiger partial charge in [0.15, 0.2) is 5.82 Å². The molecule has 1 rings (SSSR count). The molecule has 1 heterocycles. The van der Waals surface area contributed by atoms with Gasteiger partial charge in [-0.2, -0.15) is 5.10 Å². The second-order valence-electron chi connectivity index (χ2n) is 5.14. The molecule has 0 bridgehead atoms. The first-order valence-electron chi connectivity index (χ1n) is 6.45. The maximum Gasteiger partial charge on any atom is 0.150 e. The van der Waals surface area contributed by atoms with E-state index in [4.69, 9.17) is 5.73 Å². The SMILES string of the molecule is CCCn1nc(C)c(N)c1N(C)C(C)C(C)C. The molecule has 1 unspecified atom stereocenters. The summed E-state index contributed by atoms with van der Waals surface area (Å²) in [6, 6.07) is 0.448. The predicted molar refractivity (Wildman–Crippen MR) is 74.4 cm³/mol. The number of hydrogen-bond acceptors (Lipinski definition) is 3. The van der Waals surface area contributed by atoms with E-state index in [9.17, 15) is 0 Å². The number of rotatable bonds is 5. The summed E-state index contributed by atoms with van der Waals surface area (Å²) in [4.78, 5) is 2.25. The van der Waals surface area contributed by atoms with Gasteiger partial charge in [-0.15, -0.1) is 0 Å². The van der Waals surface area contributed by atoms with Crippen LogP contribution in [0.3, 0.4) is 0 Å². The lowest BCUT2D eigenvalue weighted by Crippen LogP contribution is -2.35. The Morgan fingerprint density at radius 2 is 1.94 bits per heavy atom. The van der Waals surface area contributed by atoms with Gasteiger partial charge in [-0.05, 0) is 26.2 Å². The molecule has 4 heteroatoms. The Bertz CT molecular complexity index is 368. The Morgan fingerprint density at radius 1 is 1.35 bits per heavy atom. The third-order valence-corrected chi connectivity index (χ3v) is 3.49. The van der Waals surface area contributed by atoms with Crippen LogP contribution >= 0.6 is 0 Å². The second kappa shape index (κ2) is 5.43. The standard InChI is InChI=1S/C13H26N4/c1-7-8-17-13(12(14)10(4)15-17)16(6)11(5)9(2)3/h9,11H,7-8,14H2,1-6H3. The van der Waals surface area contributed by atoms with Gasteiger partial charge < -0.3 is 10.6 Å². The lowest BCUT2D eigenvalue weighted by molar-refractivity contribution is 0.488. The molecule has 0 spiro atoms. The van der Waals surface area contributed by atoms with Crippen molar-refractivity contribution in [2.24, 2.45) is 5.92 Å². The van der Waals surface area contributed by atoms with Crippen LogP contribution in [0.5, 0.6) is 0 Å². The molecule has 0 amide bonds. The molecule has 0 aromatic carbocycles. The Kier molecular flexibility index (Phi) is 4.43. The summed E-state index contributed by atoms with van der Waals surface area (Å²) in [6.45, 7) is 11.7. The van der Waals surface area contributed by atoms with Crippen molar-refractivity contribution < 1.29 is 0 Å². The van der Waals surface area contributed by atoms with Gasteiger partial charge in [0.1, 0.15) is 0 Å². The lowest BCUT2D eigenvalue weighted by atomic mass is 10.1. The highest BCUT2D eigenvalue weighted by molar-refractivity contribution is 5.66. The van der Waals surface area contributed by atoms with E-state index in [0.717, 1.165) is 30.2 Å². The number of hydrogen-bond donors (Lipinski definition) is 1. The highest BCUT2D eigenvalue weighted by atomic mass is 15.4. The zero-order chi connectivity index (χ0) is 13.2. The first-order chi connectivity index (χ1) is 7.90. The fourth-order valence-corrected chi connectivity index (χ4v) is 1.96. The number of anilines is 2. The minimum absolute atomic E-state index is 0.448. The van der Waals surface area contributed by atoms with Gasteiger partial charge in [0, 0.05) is 19.6 Å². The Balaban J connectivity index is 3.10. The summed E-state index contributed by atoms with van der Waals surface area (Å²) in [5.41, 5.74) is 7.89. The van der Waals surface area contributed by atoms with Gasteiger partial charge in [-0.3, -0.25) is 0 Å². The van der Waals surface area contributed by atoms with Gasteiger partial charge in [-0.25, -0.2) is 4.68 Å². The van der Waals surface area contributed by atoms with E-state index >= 15 is 0 Å². The van der Waals surface area contributed by atoms with Crippen molar-refractivity contribution in [2.45, 2.75) is 53.6 Å². The smallest absolute Gasteiger partial charge is 0.150 e. The molecule has 98 valence electrons. The number of aromatic nitrogens is 2. The van der Waals surface area contributed by atoms with Crippen LogP contribution in [0.4, 0.5) is 11.5 Å². The molecule has 0 fully saturated rings. The molecular weight excluding hydrogens is 212 g/mol. The topological polar surface area (TPSA) is 47.1 Å². The fourth-order valence-electron chi connectivity index (χ4n) is 1.96. The van der Waals surface area contributed by atoms with Gasteiger partial charge in [0.05, 0.1) is 11.4 Å². The maximum absolute atomic E-state index is 6.15. The van der Waals surface area contributed by atoms with E-state index in [0.29, 0.717) is 12.0 Å². The van der Waals surface area contributed by atoms with Crippen LogP contribution in [0.15, 0.2) is 0 Å². The Morgan fingerprint density at radius 3 is 2.41 bits per heavy atom. The van der Waals surface area contributed by atoms with Gasteiger partial charge in [0.25, 0.3) is 0 Å². The normalized spacial score (nSPS) is 13.1. The average Bonchev–Trinajstić information content (AvgIpc) is 2.53. The highest BCUT2D eigenvalue weighted by Crippen LogP contribution is 2.28. The highest BCUT2D eigenvalue weighted by Gasteiger charge is 2.21. The lowest BCUT2D eigenvalue weighted by Gasteiger charge is -2.30. The van der Waals surface area contributed by atoms with Crippen LogP contribution in [0.2, 0.25) is 0 Å². The van der Waals surface area contributed by atoms with Crippen LogP contribution in [0.1, 0.15) is 39.8 Å². The molecule has 0 radical (unpaired) electrons. The van der Waals surface area contributed by atoms with Gasteiger partial charge in [0.2, 0.25) is 0 Å². The minimum Gasteiger partial charge on any atom is -0.394 e. The van der Waals surface area contributed by atoms with Crippen molar-refractivity contribution in [1.82, 2.24) is 9.78 Å². The monoisotopic (exact) mass is 238 g/mol. The zero-order valence-corrected chi connectivity index (χ0v) is 12.0. The first-order valence-corrected chi connectivity index (χ1v) is 6.45. The molecule has 0 saturated carbocycles. The summed E-state index contributed by atoms with van der Waals surface area (Å²) in [7, 11) is 2.10. The van der Waals surface area contributed by atoms with Crippen molar-refractivity contribution >= 4 is 11.5 Å². The molecule has 4 nitrogen and oxygen atoms in total. The van der Waals surface area contributed by atoms with Gasteiger partial charge >= 0.3 is 0 Å². The van der Waals surface area contributed by atoms with Crippen LogP contribution in [0.25, 0.3) is 0 Å². The molecule has 2 N–H and O–H groups in total. The summed E-state index contributed by atoms with van der Waals surface area (Å²) in [5.74, 6) is 1.65. The van der Waals surface area contributed by atoms with E-state index in [1.807, 2.05) is 11.6 Å². The molecule has 17 heavy (non-hydrogen) atoms. The van der Waals surface area contributed by atoms with Crippen LogP contribution in [0, 0.1) is 12.8 Å². The number of aryl methyl sites for hydroxylation is 2. The van der Waals surface area contributed by atoms with Crippen molar-refractivity contribution in [3.8, 4) is 0 Å². The van der Waals surface area contributed by atoms with Gasteiger partial charge in [-0.1, -0.05) is 20.8 Å².